The van der Waals surface area contributed by atoms with Gasteiger partial charge in [0.1, 0.15) is 5.54 Å². The van der Waals surface area contributed by atoms with Gasteiger partial charge in [-0.25, -0.2) is 0 Å². The molecule has 1 aliphatic carbocycles. The maximum absolute atomic E-state index is 13.1. The highest BCUT2D eigenvalue weighted by molar-refractivity contribution is 6.09. The summed E-state index contributed by atoms with van der Waals surface area (Å²) in [4.78, 5) is 40.3. The first kappa shape index (κ1) is 19.1. The second kappa shape index (κ2) is 6.40. The first-order chi connectivity index (χ1) is 13.2. The molecule has 0 aromatic carbocycles. The number of aromatic nitrogens is 2. The number of likely N-dealkylation sites (tertiary alicyclic amines) is 1. The smallest absolute Gasteiger partial charge is 0.326 e. The summed E-state index contributed by atoms with van der Waals surface area (Å²) in [7, 11) is 4.74. The molecule has 3 heterocycles. The van der Waals surface area contributed by atoms with E-state index < -0.39 is 29.4 Å². The third-order valence-electron chi connectivity index (χ3n) is 6.47. The number of ether oxygens (including phenoxy) is 1. The van der Waals surface area contributed by atoms with Gasteiger partial charge in [0, 0.05) is 37.3 Å². The molecule has 1 N–H and O–H groups in total. The summed E-state index contributed by atoms with van der Waals surface area (Å²) in [6, 6.07) is -0.437. The van der Waals surface area contributed by atoms with Gasteiger partial charge in [-0.1, -0.05) is 13.8 Å². The molecule has 1 aromatic rings. The third kappa shape index (κ3) is 2.53. The van der Waals surface area contributed by atoms with Crippen LogP contribution in [0.1, 0.15) is 56.3 Å². The van der Waals surface area contributed by atoms with Gasteiger partial charge < -0.3 is 4.74 Å². The van der Waals surface area contributed by atoms with E-state index in [1.165, 1.54) is 19.1 Å². The Hall–Kier alpha value is -2.22. The molecule has 0 radical (unpaired) electrons. The Morgan fingerprint density at radius 1 is 1.32 bits per heavy atom. The average Bonchev–Trinajstić information content (AvgIpc) is 3.27. The Morgan fingerprint density at radius 2 is 2.00 bits per heavy atom. The van der Waals surface area contributed by atoms with Gasteiger partial charge in [0.15, 0.2) is 0 Å². The van der Waals surface area contributed by atoms with Crippen molar-refractivity contribution in [1.82, 2.24) is 20.0 Å². The highest BCUT2D eigenvalue weighted by atomic mass is 16.5. The van der Waals surface area contributed by atoms with Gasteiger partial charge in [0.05, 0.1) is 25.1 Å². The minimum Gasteiger partial charge on any atom is -0.468 e. The van der Waals surface area contributed by atoms with Gasteiger partial charge in [0.25, 0.3) is 0 Å². The molecule has 0 bridgehead atoms. The van der Waals surface area contributed by atoms with Crippen molar-refractivity contribution in [1.29, 1.82) is 0 Å². The maximum atomic E-state index is 13.1. The molecule has 3 aliphatic rings. The second-order valence-corrected chi connectivity index (χ2v) is 8.80. The summed E-state index contributed by atoms with van der Waals surface area (Å²) in [5.74, 6) is -1.87. The highest BCUT2D eigenvalue weighted by Gasteiger charge is 2.68. The zero-order valence-electron chi connectivity index (χ0n) is 17.1. The Morgan fingerprint density at radius 3 is 2.57 bits per heavy atom. The van der Waals surface area contributed by atoms with E-state index in [4.69, 9.17) is 4.74 Å². The number of amides is 2. The predicted molar refractivity (Wildman–Crippen MR) is 100 cm³/mol. The molecular formula is C20H28N4O4. The standard InChI is InChI=1S/C20H28N4O4/c1-10(2)8-20(19(27)28-5)14-13(17(25)23(3)18(14)26)15(22-20)12-9-21-24(4)16(12)11-6-7-11/h9-11,13-15,22H,6-8H2,1-5H3/t13-,14-,15-,20-/m0/s1. The molecule has 8 heteroatoms. The molecule has 2 saturated heterocycles. The molecule has 3 fully saturated rings. The van der Waals surface area contributed by atoms with Crippen LogP contribution in [0.25, 0.3) is 0 Å². The van der Waals surface area contributed by atoms with Crippen LogP contribution in [0.3, 0.4) is 0 Å². The van der Waals surface area contributed by atoms with Gasteiger partial charge >= 0.3 is 5.97 Å². The van der Waals surface area contributed by atoms with Crippen LogP contribution in [0, 0.1) is 17.8 Å². The van der Waals surface area contributed by atoms with E-state index in [1.807, 2.05) is 25.6 Å². The fourth-order valence-corrected chi connectivity index (χ4v) is 5.26. The van der Waals surface area contributed by atoms with Gasteiger partial charge in [-0.2, -0.15) is 5.10 Å². The van der Waals surface area contributed by atoms with Crippen molar-refractivity contribution >= 4 is 17.8 Å². The Bertz CT molecular complexity index is 843. The number of rotatable bonds is 5. The van der Waals surface area contributed by atoms with E-state index in [1.54, 1.807) is 6.20 Å². The maximum Gasteiger partial charge on any atom is 0.326 e. The van der Waals surface area contributed by atoms with Gasteiger partial charge in [0.2, 0.25) is 11.8 Å². The Kier molecular flexibility index (Phi) is 4.37. The van der Waals surface area contributed by atoms with Crippen molar-refractivity contribution in [2.75, 3.05) is 14.2 Å². The normalized spacial score (nSPS) is 32.4. The lowest BCUT2D eigenvalue weighted by Crippen LogP contribution is -2.56. The van der Waals surface area contributed by atoms with Gasteiger partial charge in [-0.05, 0) is 25.2 Å². The highest BCUT2D eigenvalue weighted by Crippen LogP contribution is 2.53. The van der Waals surface area contributed by atoms with Crippen LogP contribution in [-0.2, 0) is 26.2 Å². The molecular weight excluding hydrogens is 360 g/mol. The monoisotopic (exact) mass is 388 g/mol. The molecule has 4 atom stereocenters. The van der Waals surface area contributed by atoms with E-state index in [0.717, 1.165) is 24.1 Å². The number of esters is 1. The van der Waals surface area contributed by atoms with Gasteiger partial charge in [-0.15, -0.1) is 0 Å². The van der Waals surface area contributed by atoms with Crippen LogP contribution in [-0.4, -0.2) is 52.2 Å². The van der Waals surface area contributed by atoms with Crippen molar-refractivity contribution in [2.24, 2.45) is 24.8 Å². The zero-order chi connectivity index (χ0) is 20.4. The molecule has 28 heavy (non-hydrogen) atoms. The molecule has 152 valence electrons. The van der Waals surface area contributed by atoms with Crippen LogP contribution >= 0.6 is 0 Å². The quantitative estimate of drug-likeness (QED) is 0.600. The van der Waals surface area contributed by atoms with Crippen molar-refractivity contribution in [3.05, 3.63) is 17.5 Å². The summed E-state index contributed by atoms with van der Waals surface area (Å²) in [5.41, 5.74) is 0.800. The van der Waals surface area contributed by atoms with Crippen LogP contribution < -0.4 is 5.32 Å². The van der Waals surface area contributed by atoms with Crippen molar-refractivity contribution in [2.45, 2.75) is 50.6 Å². The van der Waals surface area contributed by atoms with Crippen LogP contribution in [0.5, 0.6) is 0 Å². The molecule has 8 nitrogen and oxygen atoms in total. The summed E-state index contributed by atoms with van der Waals surface area (Å²) in [5, 5.41) is 7.85. The third-order valence-corrected chi connectivity index (χ3v) is 6.47. The zero-order valence-corrected chi connectivity index (χ0v) is 17.1. The first-order valence-corrected chi connectivity index (χ1v) is 9.92. The fraction of sp³-hybridized carbons (Fsp3) is 0.700. The minimum absolute atomic E-state index is 0.136. The molecule has 1 aromatic heterocycles. The molecule has 0 unspecified atom stereocenters. The number of methoxy groups -OCH3 is 1. The number of aryl methyl sites for hydroxylation is 1. The summed E-state index contributed by atoms with van der Waals surface area (Å²) < 4.78 is 7.00. The number of carbonyl (C=O) groups excluding carboxylic acids is 3. The molecule has 1 saturated carbocycles. The summed E-state index contributed by atoms with van der Waals surface area (Å²) in [6.45, 7) is 4.00. The lowest BCUT2D eigenvalue weighted by molar-refractivity contribution is -0.154. The number of nitrogens with zero attached hydrogens (tertiary/aromatic N) is 3. The van der Waals surface area contributed by atoms with E-state index in [-0.39, 0.29) is 17.7 Å². The van der Waals surface area contributed by atoms with Crippen molar-refractivity contribution in [3.63, 3.8) is 0 Å². The summed E-state index contributed by atoms with van der Waals surface area (Å²) >= 11 is 0. The minimum atomic E-state index is -1.22. The summed E-state index contributed by atoms with van der Waals surface area (Å²) in [6.07, 6.45) is 4.38. The first-order valence-electron chi connectivity index (χ1n) is 9.92. The molecule has 0 spiro atoms. The molecule has 2 aliphatic heterocycles. The Balaban J connectivity index is 1.86. The van der Waals surface area contributed by atoms with E-state index in [9.17, 15) is 14.4 Å². The largest absolute Gasteiger partial charge is 0.468 e. The van der Waals surface area contributed by atoms with Crippen molar-refractivity contribution in [3.8, 4) is 0 Å². The van der Waals surface area contributed by atoms with Crippen LogP contribution in [0.15, 0.2) is 6.20 Å². The lowest BCUT2D eigenvalue weighted by Gasteiger charge is -2.33. The van der Waals surface area contributed by atoms with E-state index >= 15 is 0 Å². The topological polar surface area (TPSA) is 93.5 Å². The van der Waals surface area contributed by atoms with Crippen LogP contribution in [0.2, 0.25) is 0 Å². The predicted octanol–water partition coefficient (Wildman–Crippen LogP) is 1.13. The lowest BCUT2D eigenvalue weighted by atomic mass is 9.75. The van der Waals surface area contributed by atoms with Crippen molar-refractivity contribution < 1.29 is 19.1 Å². The van der Waals surface area contributed by atoms with Crippen LogP contribution in [0.4, 0.5) is 0 Å². The number of hydrogen-bond donors (Lipinski definition) is 1. The number of carbonyl (C=O) groups is 3. The van der Waals surface area contributed by atoms with Gasteiger partial charge in [-0.3, -0.25) is 29.3 Å². The Labute approximate surface area is 164 Å². The number of imide groups is 1. The number of fused-ring (bicyclic) bond motifs is 1. The second-order valence-electron chi connectivity index (χ2n) is 8.80. The van der Waals surface area contributed by atoms with E-state index in [0.29, 0.717) is 12.3 Å². The molecule has 4 rings (SSSR count). The van der Waals surface area contributed by atoms with E-state index in [2.05, 4.69) is 10.4 Å². The number of hydrogen-bond acceptors (Lipinski definition) is 6. The fourth-order valence-electron chi connectivity index (χ4n) is 5.26. The SMILES string of the molecule is COC(=O)[C@@]1(CC(C)C)N[C@@H](c2cnn(C)c2C2CC2)[C@H]2C(=O)N(C)C(=O)[C@H]21. The average molecular weight is 388 g/mol. The number of nitrogens with one attached hydrogen (secondary N) is 1. The molecule has 2 amide bonds.